The average molecular weight is 616 g/mol. The number of ether oxygens (including phenoxy) is 1. The van der Waals surface area contributed by atoms with Crippen LogP contribution in [0.5, 0.6) is 0 Å². The fourth-order valence-electron chi connectivity index (χ4n) is 5.15. The van der Waals surface area contributed by atoms with E-state index in [0.717, 1.165) is 35.7 Å². The van der Waals surface area contributed by atoms with E-state index in [1.54, 1.807) is 12.1 Å². The number of rotatable bonds is 7. The summed E-state index contributed by atoms with van der Waals surface area (Å²) in [7, 11) is 0. The van der Waals surface area contributed by atoms with Crippen LogP contribution < -0.4 is 4.90 Å². The van der Waals surface area contributed by atoms with Crippen LogP contribution in [0.2, 0.25) is 10.0 Å². The predicted octanol–water partition coefficient (Wildman–Crippen LogP) is 7.83. The summed E-state index contributed by atoms with van der Waals surface area (Å²) in [6.45, 7) is 2.90. The number of anilines is 1. The van der Waals surface area contributed by atoms with Crippen LogP contribution >= 0.6 is 23.2 Å². The number of aromatic nitrogens is 2. The van der Waals surface area contributed by atoms with Crippen molar-refractivity contribution in [1.29, 1.82) is 0 Å². The van der Waals surface area contributed by atoms with Gasteiger partial charge in [0.05, 0.1) is 34.4 Å². The van der Waals surface area contributed by atoms with E-state index in [9.17, 15) is 20.2 Å². The second-order valence-electron chi connectivity index (χ2n) is 9.84. The number of nitro groups is 2. The summed E-state index contributed by atoms with van der Waals surface area (Å²) < 4.78 is 7.34. The Morgan fingerprint density at radius 2 is 1.28 bits per heavy atom. The van der Waals surface area contributed by atoms with Crippen molar-refractivity contribution in [2.45, 2.75) is 0 Å². The van der Waals surface area contributed by atoms with Crippen molar-refractivity contribution in [3.63, 3.8) is 0 Å². The maximum absolute atomic E-state index is 11.7. The van der Waals surface area contributed by atoms with Crippen LogP contribution in [-0.4, -0.2) is 45.7 Å². The van der Waals surface area contributed by atoms with Crippen molar-refractivity contribution in [2.75, 3.05) is 31.2 Å². The maximum atomic E-state index is 11.7. The predicted molar refractivity (Wildman–Crippen MR) is 166 cm³/mol. The number of halogens is 2. The van der Waals surface area contributed by atoms with Gasteiger partial charge in [-0.05, 0) is 54.1 Å². The Labute approximate surface area is 256 Å². The lowest BCUT2D eigenvalue weighted by Gasteiger charge is -2.27. The van der Waals surface area contributed by atoms with Crippen molar-refractivity contribution >= 4 is 40.4 Å². The number of nitro benzene ring substituents is 2. The van der Waals surface area contributed by atoms with Crippen molar-refractivity contribution < 1.29 is 14.6 Å². The van der Waals surface area contributed by atoms with Crippen LogP contribution in [0.4, 0.5) is 17.2 Å². The highest BCUT2D eigenvalue weighted by atomic mass is 35.5. The fraction of sp³-hybridized carbons (Fsp3) is 0.129. The van der Waals surface area contributed by atoms with Gasteiger partial charge in [0, 0.05) is 53.8 Å². The van der Waals surface area contributed by atoms with Crippen LogP contribution in [0.15, 0.2) is 91.1 Å². The van der Waals surface area contributed by atoms with Gasteiger partial charge in [-0.3, -0.25) is 20.2 Å². The van der Waals surface area contributed by atoms with E-state index in [1.807, 2.05) is 59.3 Å². The van der Waals surface area contributed by atoms with Gasteiger partial charge in [0.2, 0.25) is 0 Å². The molecule has 1 aliphatic heterocycles. The number of pyridine rings is 1. The molecule has 10 nitrogen and oxygen atoms in total. The smallest absolute Gasteiger partial charge is 0.288 e. The van der Waals surface area contributed by atoms with E-state index >= 15 is 0 Å². The normalized spacial score (nSPS) is 13.2. The Bertz CT molecular complexity index is 1770. The third kappa shape index (κ3) is 5.68. The van der Waals surface area contributed by atoms with Crippen LogP contribution in [-0.2, 0) is 4.74 Å². The van der Waals surface area contributed by atoms with Crippen LogP contribution in [0.1, 0.15) is 0 Å². The van der Waals surface area contributed by atoms with Gasteiger partial charge in [-0.1, -0.05) is 47.5 Å². The molecule has 0 unspecified atom stereocenters. The lowest BCUT2D eigenvalue weighted by atomic mass is 10.1. The van der Waals surface area contributed by atoms with Gasteiger partial charge in [-0.15, -0.1) is 0 Å². The number of morpholine rings is 1. The van der Waals surface area contributed by atoms with E-state index < -0.39 is 9.85 Å². The second-order valence-corrected chi connectivity index (χ2v) is 10.7. The largest absolute Gasteiger partial charge is 0.378 e. The minimum atomic E-state index is -0.531. The molecule has 0 radical (unpaired) electrons. The molecule has 5 aromatic rings. The van der Waals surface area contributed by atoms with Gasteiger partial charge in [-0.2, -0.15) is 0 Å². The number of hydrogen-bond donors (Lipinski definition) is 0. The van der Waals surface area contributed by atoms with Crippen LogP contribution in [0, 0.1) is 20.2 Å². The first-order chi connectivity index (χ1) is 20.8. The lowest BCUT2D eigenvalue weighted by molar-refractivity contribution is -0.384. The molecule has 12 heteroatoms. The third-order valence-corrected chi connectivity index (χ3v) is 7.92. The first kappa shape index (κ1) is 28.4. The molecule has 0 spiro atoms. The van der Waals surface area contributed by atoms with Gasteiger partial charge >= 0.3 is 0 Å². The highest BCUT2D eigenvalue weighted by molar-refractivity contribution is 6.33. The Kier molecular flexibility index (Phi) is 7.81. The molecule has 0 N–H and O–H groups in total. The van der Waals surface area contributed by atoms with E-state index in [2.05, 4.69) is 9.88 Å². The molecule has 0 bridgehead atoms. The molecule has 216 valence electrons. The highest BCUT2D eigenvalue weighted by Crippen LogP contribution is 2.38. The molecule has 1 aliphatic rings. The average Bonchev–Trinajstić information content (AvgIpc) is 3.47. The Balaban J connectivity index is 1.48. The zero-order valence-corrected chi connectivity index (χ0v) is 24.0. The van der Waals surface area contributed by atoms with Crippen molar-refractivity contribution in [3.05, 3.63) is 121 Å². The van der Waals surface area contributed by atoms with Crippen molar-refractivity contribution in [2.24, 2.45) is 0 Å². The number of nitrogens with zero attached hydrogens (tertiary/aromatic N) is 5. The molecule has 1 fully saturated rings. The van der Waals surface area contributed by atoms with Gasteiger partial charge in [-0.25, -0.2) is 4.98 Å². The molecule has 0 atom stereocenters. The molecule has 3 heterocycles. The quantitative estimate of drug-likeness (QED) is 0.135. The highest BCUT2D eigenvalue weighted by Gasteiger charge is 2.21. The van der Waals surface area contributed by atoms with E-state index in [-0.39, 0.29) is 21.4 Å². The molecule has 1 saturated heterocycles. The molecular weight excluding hydrogens is 593 g/mol. The Morgan fingerprint density at radius 3 is 1.81 bits per heavy atom. The summed E-state index contributed by atoms with van der Waals surface area (Å²) >= 11 is 12.2. The van der Waals surface area contributed by atoms with E-state index in [1.165, 1.54) is 24.3 Å². The van der Waals surface area contributed by atoms with Crippen molar-refractivity contribution in [1.82, 2.24) is 9.55 Å². The summed E-state index contributed by atoms with van der Waals surface area (Å²) in [4.78, 5) is 29.1. The molecule has 6 rings (SSSR count). The van der Waals surface area contributed by atoms with Gasteiger partial charge < -0.3 is 14.2 Å². The SMILES string of the molecule is O=[N+]([O-])c1cc(-c2ccc(-c3ccc(Cl)c([N+](=O)[O-])c3)n2-c2cccc(-c3ccc(N4CCOCC4)nc3)c2)ccc1Cl. The summed E-state index contributed by atoms with van der Waals surface area (Å²) in [5, 5.41) is 23.4. The van der Waals surface area contributed by atoms with E-state index in [4.69, 9.17) is 27.9 Å². The molecule has 43 heavy (non-hydrogen) atoms. The summed E-state index contributed by atoms with van der Waals surface area (Å²) in [5.41, 5.74) is 4.44. The standard InChI is InChI=1S/C31H23Cl2N5O5/c32-25-7-4-21(17-29(25)37(39)40)27-9-10-28(22-5-8-26(33)30(18-22)38(41)42)36(27)24-3-1-2-20(16-24)23-6-11-31(34-19-23)35-12-14-43-15-13-35/h1-11,16-19H,12-15H2. The van der Waals surface area contributed by atoms with Gasteiger partial charge in [0.1, 0.15) is 15.9 Å². The minimum absolute atomic E-state index is 0.0235. The van der Waals surface area contributed by atoms with Crippen LogP contribution in [0.25, 0.3) is 39.3 Å². The molecule has 3 aromatic carbocycles. The van der Waals surface area contributed by atoms with Crippen molar-refractivity contribution in [3.8, 4) is 39.3 Å². The Hall–Kier alpha value is -4.77. The second kappa shape index (κ2) is 11.8. The molecule has 2 aromatic heterocycles. The lowest BCUT2D eigenvalue weighted by Crippen LogP contribution is -2.36. The van der Waals surface area contributed by atoms with Gasteiger partial charge in [0.15, 0.2) is 0 Å². The zero-order chi connectivity index (χ0) is 30.1. The fourth-order valence-corrected chi connectivity index (χ4v) is 5.52. The van der Waals surface area contributed by atoms with Gasteiger partial charge in [0.25, 0.3) is 11.4 Å². The molecule has 0 saturated carbocycles. The molecule has 0 aliphatic carbocycles. The maximum Gasteiger partial charge on any atom is 0.288 e. The van der Waals surface area contributed by atoms with E-state index in [0.29, 0.717) is 35.7 Å². The molecule has 0 amide bonds. The number of benzene rings is 3. The minimum Gasteiger partial charge on any atom is -0.378 e. The first-order valence-corrected chi connectivity index (χ1v) is 14.1. The zero-order valence-electron chi connectivity index (χ0n) is 22.5. The summed E-state index contributed by atoms with van der Waals surface area (Å²) in [6, 6.07) is 24.6. The third-order valence-electron chi connectivity index (χ3n) is 7.28. The Morgan fingerprint density at radius 1 is 0.698 bits per heavy atom. The monoisotopic (exact) mass is 615 g/mol. The van der Waals surface area contributed by atoms with Crippen LogP contribution in [0.3, 0.4) is 0 Å². The summed E-state index contributed by atoms with van der Waals surface area (Å²) in [5.74, 6) is 0.881. The first-order valence-electron chi connectivity index (χ1n) is 13.3. The topological polar surface area (TPSA) is 117 Å². The summed E-state index contributed by atoms with van der Waals surface area (Å²) in [6.07, 6.45) is 1.83. The molecular formula is C31H23Cl2N5O5. The number of hydrogen-bond acceptors (Lipinski definition) is 7.